The molecule has 0 spiro atoms. The summed E-state index contributed by atoms with van der Waals surface area (Å²) in [5, 5.41) is 2.64. The molecule has 1 aromatic rings. The Labute approximate surface area is 59.6 Å². The lowest BCUT2D eigenvalue weighted by Gasteiger charge is -1.98. The Morgan fingerprint density at radius 3 is 2.60 bits per heavy atom. The van der Waals surface area contributed by atoms with E-state index in [-0.39, 0.29) is 14.9 Å². The van der Waals surface area contributed by atoms with E-state index in [4.69, 9.17) is 10.6 Å². The van der Waals surface area contributed by atoms with Gasteiger partial charge in [-0.05, 0) is 0 Å². The number of nitrogens with zero attached hydrogens (tertiary/aromatic N) is 2. The van der Waals surface area contributed by atoms with Crippen LogP contribution < -0.4 is 10.8 Å². The molecule has 5 nitrogen and oxygen atoms in total. The van der Waals surface area contributed by atoms with Gasteiger partial charge in [-0.2, -0.15) is 0 Å². The van der Waals surface area contributed by atoms with Gasteiger partial charge in [0.2, 0.25) is 5.95 Å². The van der Waals surface area contributed by atoms with E-state index in [1.54, 1.807) is 0 Å². The fraction of sp³-hybridized carbons (Fsp3) is 0. The molecule has 0 amide bonds. The zero-order chi connectivity index (χ0) is 7.40. The highest BCUT2D eigenvalue weighted by atomic mass is 31.1. The number of hydrogen-bond donors (Lipinski definition) is 3. The molecular formula is C4H7N4OP. The molecule has 0 aliphatic rings. The Morgan fingerprint density at radius 1 is 1.50 bits per heavy atom. The number of aromatic nitrogens is 2. The van der Waals surface area contributed by atoms with Crippen LogP contribution in [0.25, 0.3) is 0 Å². The average molecular weight is 158 g/mol. The van der Waals surface area contributed by atoms with Gasteiger partial charge in [-0.3, -0.25) is 0 Å². The number of nitrogens with two attached hydrogens (primary N) is 1. The number of rotatable bonds is 2. The van der Waals surface area contributed by atoms with Crippen molar-refractivity contribution in [3.63, 3.8) is 0 Å². The molecule has 0 saturated heterocycles. The number of nitrogens with one attached hydrogen (secondary N) is 1. The summed E-state index contributed by atoms with van der Waals surface area (Å²) in [5.74, 6) is 0.229. The standard InChI is InChI=1S/C4H7N4OP/c5-4-6-1-3(2-7-4)8-10-9/h1-2,8-10H,(H2,5,6,7). The third-order valence-electron chi connectivity index (χ3n) is 0.872. The third-order valence-corrected chi connectivity index (χ3v) is 1.27. The molecule has 54 valence electrons. The predicted octanol–water partition coefficient (Wildman–Crippen LogP) is -0.0285. The van der Waals surface area contributed by atoms with Crippen LogP contribution in [0.5, 0.6) is 0 Å². The largest absolute Gasteiger partial charge is 0.368 e. The monoisotopic (exact) mass is 158 g/mol. The van der Waals surface area contributed by atoms with Crippen molar-refractivity contribution in [1.29, 1.82) is 0 Å². The quantitative estimate of drug-likeness (QED) is 0.526. The van der Waals surface area contributed by atoms with Crippen molar-refractivity contribution < 1.29 is 4.89 Å². The highest BCUT2D eigenvalue weighted by Gasteiger charge is 1.89. The van der Waals surface area contributed by atoms with Gasteiger partial charge in [-0.25, -0.2) is 9.97 Å². The van der Waals surface area contributed by atoms with Crippen LogP contribution in [-0.2, 0) is 0 Å². The summed E-state index contributed by atoms with van der Waals surface area (Å²) in [4.78, 5) is 15.8. The predicted molar refractivity (Wildman–Crippen MR) is 40.6 cm³/mol. The molecule has 0 bridgehead atoms. The lowest BCUT2D eigenvalue weighted by atomic mass is 10.6. The fourth-order valence-corrected chi connectivity index (χ4v) is 0.725. The number of nitrogen functional groups attached to an aromatic ring is 1. The molecule has 1 atom stereocenters. The molecule has 10 heavy (non-hydrogen) atoms. The summed E-state index contributed by atoms with van der Waals surface area (Å²) >= 11 is 0. The molecule has 0 aliphatic heterocycles. The first-order valence-corrected chi connectivity index (χ1v) is 3.50. The second kappa shape index (κ2) is 3.29. The van der Waals surface area contributed by atoms with E-state index in [0.29, 0.717) is 5.69 Å². The maximum absolute atomic E-state index is 8.42. The van der Waals surface area contributed by atoms with Gasteiger partial charge in [0.15, 0.2) is 0 Å². The van der Waals surface area contributed by atoms with Crippen LogP contribution >= 0.6 is 8.96 Å². The Kier molecular flexibility index (Phi) is 2.36. The summed E-state index contributed by atoms with van der Waals surface area (Å²) in [6.07, 6.45) is 3.01. The molecule has 4 N–H and O–H groups in total. The van der Waals surface area contributed by atoms with Crippen molar-refractivity contribution >= 4 is 20.6 Å². The van der Waals surface area contributed by atoms with Crippen LogP contribution in [0.15, 0.2) is 12.4 Å². The summed E-state index contributed by atoms with van der Waals surface area (Å²) in [7, 11) is -0.339. The lowest BCUT2D eigenvalue weighted by Crippen LogP contribution is -1.94. The molecule has 6 heteroatoms. The van der Waals surface area contributed by atoms with Crippen molar-refractivity contribution in [3.05, 3.63) is 12.4 Å². The fourth-order valence-electron chi connectivity index (χ4n) is 0.467. The summed E-state index contributed by atoms with van der Waals surface area (Å²) in [6, 6.07) is 0. The first kappa shape index (κ1) is 7.18. The van der Waals surface area contributed by atoms with Crippen LogP contribution in [0.4, 0.5) is 11.6 Å². The van der Waals surface area contributed by atoms with E-state index in [1.807, 2.05) is 0 Å². The van der Waals surface area contributed by atoms with Gasteiger partial charge in [0.1, 0.15) is 8.96 Å². The van der Waals surface area contributed by atoms with Crippen LogP contribution in [0.1, 0.15) is 0 Å². The van der Waals surface area contributed by atoms with E-state index < -0.39 is 0 Å². The zero-order valence-corrected chi connectivity index (χ0v) is 6.07. The SMILES string of the molecule is Nc1ncc(NPO)cn1. The minimum absolute atomic E-state index is 0.229. The van der Waals surface area contributed by atoms with E-state index in [2.05, 4.69) is 15.1 Å². The smallest absolute Gasteiger partial charge is 0.220 e. The van der Waals surface area contributed by atoms with Crippen LogP contribution in [0, 0.1) is 0 Å². The van der Waals surface area contributed by atoms with E-state index >= 15 is 0 Å². The first-order valence-electron chi connectivity index (χ1n) is 2.55. The molecule has 1 heterocycles. The molecule has 0 aliphatic carbocycles. The molecule has 0 radical (unpaired) electrons. The number of anilines is 2. The Balaban J connectivity index is 2.69. The van der Waals surface area contributed by atoms with Crippen LogP contribution in [0.2, 0.25) is 0 Å². The van der Waals surface area contributed by atoms with E-state index in [1.165, 1.54) is 12.4 Å². The maximum atomic E-state index is 8.42. The van der Waals surface area contributed by atoms with Gasteiger partial charge in [0.25, 0.3) is 0 Å². The average Bonchev–Trinajstić information content (AvgIpc) is 1.95. The zero-order valence-electron chi connectivity index (χ0n) is 5.07. The maximum Gasteiger partial charge on any atom is 0.220 e. The van der Waals surface area contributed by atoms with Crippen LogP contribution in [0.3, 0.4) is 0 Å². The van der Waals surface area contributed by atoms with E-state index in [0.717, 1.165) is 0 Å². The Bertz CT molecular complexity index is 201. The second-order valence-electron chi connectivity index (χ2n) is 1.57. The minimum Gasteiger partial charge on any atom is -0.368 e. The molecule has 1 aromatic heterocycles. The highest BCUT2D eigenvalue weighted by Crippen LogP contribution is 2.10. The highest BCUT2D eigenvalue weighted by molar-refractivity contribution is 7.33. The van der Waals surface area contributed by atoms with Gasteiger partial charge < -0.3 is 15.7 Å². The molecule has 0 fully saturated rings. The lowest BCUT2D eigenvalue weighted by molar-refractivity contribution is 0.651. The van der Waals surface area contributed by atoms with E-state index in [9.17, 15) is 0 Å². The van der Waals surface area contributed by atoms with Gasteiger partial charge in [0, 0.05) is 0 Å². The van der Waals surface area contributed by atoms with Crippen LogP contribution in [-0.4, -0.2) is 14.9 Å². The van der Waals surface area contributed by atoms with Gasteiger partial charge >= 0.3 is 0 Å². The van der Waals surface area contributed by atoms with Crippen molar-refractivity contribution in [3.8, 4) is 0 Å². The second-order valence-corrected chi connectivity index (χ2v) is 2.04. The van der Waals surface area contributed by atoms with Gasteiger partial charge in [0.05, 0.1) is 18.1 Å². The normalized spacial score (nSPS) is 10.5. The van der Waals surface area contributed by atoms with Crippen molar-refractivity contribution in [1.82, 2.24) is 9.97 Å². The molecule has 1 unspecified atom stereocenters. The van der Waals surface area contributed by atoms with Crippen molar-refractivity contribution in [2.45, 2.75) is 0 Å². The Morgan fingerprint density at radius 2 is 2.10 bits per heavy atom. The summed E-state index contributed by atoms with van der Waals surface area (Å²) in [5.41, 5.74) is 5.87. The molecule has 1 rings (SSSR count). The number of hydrogen-bond acceptors (Lipinski definition) is 5. The summed E-state index contributed by atoms with van der Waals surface area (Å²) in [6.45, 7) is 0. The van der Waals surface area contributed by atoms with Crippen molar-refractivity contribution in [2.24, 2.45) is 0 Å². The van der Waals surface area contributed by atoms with Gasteiger partial charge in [-0.1, -0.05) is 0 Å². The third kappa shape index (κ3) is 1.79. The topological polar surface area (TPSA) is 84.1 Å². The molecule has 0 aromatic carbocycles. The molecule has 0 saturated carbocycles. The minimum atomic E-state index is -0.339. The first-order chi connectivity index (χ1) is 4.83. The van der Waals surface area contributed by atoms with Crippen molar-refractivity contribution in [2.75, 3.05) is 10.8 Å². The Hall–Kier alpha value is -0.930. The molecular weight excluding hydrogens is 151 g/mol. The summed E-state index contributed by atoms with van der Waals surface area (Å²) < 4.78 is 0. The van der Waals surface area contributed by atoms with Gasteiger partial charge in [-0.15, -0.1) is 0 Å².